The van der Waals surface area contributed by atoms with E-state index in [1.807, 2.05) is 13.0 Å². The number of carbonyl (C=O) groups is 4. The molecule has 3 aliphatic rings. The van der Waals surface area contributed by atoms with Gasteiger partial charge in [-0.05, 0) is 56.2 Å². The van der Waals surface area contributed by atoms with E-state index in [9.17, 15) is 19.2 Å². The molecule has 3 amide bonds. The third kappa shape index (κ3) is 3.90. The molecule has 1 aliphatic carbocycles. The van der Waals surface area contributed by atoms with E-state index in [1.165, 1.54) is 9.80 Å². The molecule has 3 atom stereocenters. The largest absolute Gasteiger partial charge is 0.426 e. The van der Waals surface area contributed by atoms with Gasteiger partial charge in [-0.1, -0.05) is 35.4 Å². The molecule has 7 nitrogen and oxygen atoms in total. The maximum Gasteiger partial charge on any atom is 0.316 e. The normalized spacial score (nSPS) is 24.4. The summed E-state index contributed by atoms with van der Waals surface area (Å²) in [6.45, 7) is 2.16. The summed E-state index contributed by atoms with van der Waals surface area (Å²) in [5.74, 6) is -2.04. The number of esters is 1. The zero-order valence-corrected chi connectivity index (χ0v) is 19.3. The molecule has 0 bridgehead atoms. The van der Waals surface area contributed by atoms with Crippen LogP contribution in [0.3, 0.4) is 0 Å². The lowest BCUT2D eigenvalue weighted by Crippen LogP contribution is -2.30. The Kier molecular flexibility index (Phi) is 5.73. The van der Waals surface area contributed by atoms with Gasteiger partial charge < -0.3 is 9.64 Å². The maximum atomic E-state index is 12.9. The Hall–Kier alpha value is -3.45. The second-order valence-electron chi connectivity index (χ2n) is 8.99. The van der Waals surface area contributed by atoms with Crippen LogP contribution in [0.25, 0.3) is 0 Å². The van der Waals surface area contributed by atoms with Crippen molar-refractivity contribution in [3.63, 3.8) is 0 Å². The Bertz CT molecular complexity index is 1220. The molecule has 2 heterocycles. The second-order valence-corrected chi connectivity index (χ2v) is 9.39. The summed E-state index contributed by atoms with van der Waals surface area (Å²) in [7, 11) is 0. The minimum atomic E-state index is -0.621. The number of halogens is 1. The van der Waals surface area contributed by atoms with Gasteiger partial charge in [0.25, 0.3) is 0 Å². The van der Waals surface area contributed by atoms with Crippen molar-refractivity contribution in [1.82, 2.24) is 0 Å². The van der Waals surface area contributed by atoms with Gasteiger partial charge in [0, 0.05) is 13.0 Å². The topological polar surface area (TPSA) is 84.0 Å². The van der Waals surface area contributed by atoms with Gasteiger partial charge in [-0.25, -0.2) is 0 Å². The summed E-state index contributed by atoms with van der Waals surface area (Å²) in [6.07, 6.45) is 3.25. The van der Waals surface area contributed by atoms with Crippen molar-refractivity contribution >= 4 is 46.7 Å². The molecule has 2 aliphatic heterocycles. The summed E-state index contributed by atoms with van der Waals surface area (Å²) in [5, 5.41) is 0.442. The first kappa shape index (κ1) is 22.3. The fourth-order valence-electron chi connectivity index (χ4n) is 4.92. The van der Waals surface area contributed by atoms with Crippen LogP contribution in [0, 0.1) is 17.8 Å². The van der Waals surface area contributed by atoms with E-state index in [-0.39, 0.29) is 48.3 Å². The van der Waals surface area contributed by atoms with Crippen molar-refractivity contribution in [3.8, 4) is 5.75 Å². The highest BCUT2D eigenvalue weighted by molar-refractivity contribution is 6.34. The van der Waals surface area contributed by atoms with Crippen molar-refractivity contribution in [1.29, 1.82) is 0 Å². The summed E-state index contributed by atoms with van der Waals surface area (Å²) < 4.78 is 5.49. The van der Waals surface area contributed by atoms with Gasteiger partial charge in [0.1, 0.15) is 5.75 Å². The number of hydrogen-bond donors (Lipinski definition) is 0. The lowest BCUT2D eigenvalue weighted by atomic mass is 9.82. The van der Waals surface area contributed by atoms with Gasteiger partial charge in [0.2, 0.25) is 17.7 Å². The van der Waals surface area contributed by atoms with Gasteiger partial charge >= 0.3 is 5.97 Å². The molecule has 0 saturated carbocycles. The average Bonchev–Trinajstić information content (AvgIpc) is 3.32. The number of allylic oxidation sites excluding steroid dienone is 2. The third-order valence-electron chi connectivity index (χ3n) is 6.74. The Balaban J connectivity index is 1.25. The van der Waals surface area contributed by atoms with E-state index in [4.69, 9.17) is 16.3 Å². The first-order chi connectivity index (χ1) is 16.3. The molecule has 2 aromatic carbocycles. The number of imide groups is 1. The molecule has 2 fully saturated rings. The van der Waals surface area contributed by atoms with Crippen molar-refractivity contribution in [3.05, 3.63) is 65.2 Å². The number of rotatable bonds is 4. The molecule has 0 N–H and O–H groups in total. The average molecular weight is 479 g/mol. The smallest absolute Gasteiger partial charge is 0.316 e. The number of ether oxygens (including phenoxy) is 1. The Morgan fingerprint density at radius 1 is 0.971 bits per heavy atom. The zero-order chi connectivity index (χ0) is 24.0. The molecule has 34 heavy (non-hydrogen) atoms. The van der Waals surface area contributed by atoms with Crippen LogP contribution in [0.4, 0.5) is 11.4 Å². The fraction of sp³-hybridized carbons (Fsp3) is 0.308. The monoisotopic (exact) mass is 478 g/mol. The van der Waals surface area contributed by atoms with Crippen LogP contribution >= 0.6 is 11.6 Å². The van der Waals surface area contributed by atoms with E-state index in [1.54, 1.807) is 48.5 Å². The van der Waals surface area contributed by atoms with Gasteiger partial charge in [-0.3, -0.25) is 24.1 Å². The Morgan fingerprint density at radius 2 is 1.68 bits per heavy atom. The minimum absolute atomic E-state index is 0.0369. The molecule has 0 unspecified atom stereocenters. The van der Waals surface area contributed by atoms with Gasteiger partial charge in [0.15, 0.2) is 0 Å². The number of para-hydroxylation sites is 1. The second kappa shape index (κ2) is 8.72. The van der Waals surface area contributed by atoms with E-state index in [0.29, 0.717) is 29.2 Å². The van der Waals surface area contributed by atoms with Crippen molar-refractivity contribution in [2.45, 2.75) is 26.2 Å². The molecule has 174 valence electrons. The molecule has 0 radical (unpaired) electrons. The fourth-order valence-corrected chi connectivity index (χ4v) is 5.16. The van der Waals surface area contributed by atoms with Crippen LogP contribution in [0.5, 0.6) is 5.75 Å². The summed E-state index contributed by atoms with van der Waals surface area (Å²) in [6, 6.07) is 13.3. The van der Waals surface area contributed by atoms with E-state index in [0.717, 1.165) is 5.57 Å². The minimum Gasteiger partial charge on any atom is -0.426 e. The molecular weight excluding hydrogens is 456 g/mol. The highest BCUT2D eigenvalue weighted by Gasteiger charge is 2.48. The first-order valence-corrected chi connectivity index (χ1v) is 11.6. The summed E-state index contributed by atoms with van der Waals surface area (Å²) in [5.41, 5.74) is 2.16. The molecule has 5 rings (SSSR count). The Morgan fingerprint density at radius 3 is 2.41 bits per heavy atom. The van der Waals surface area contributed by atoms with Crippen LogP contribution in [0.2, 0.25) is 5.02 Å². The van der Waals surface area contributed by atoms with Gasteiger partial charge in [-0.2, -0.15) is 0 Å². The first-order valence-electron chi connectivity index (χ1n) is 11.2. The molecule has 0 spiro atoms. The predicted octanol–water partition coefficient (Wildman–Crippen LogP) is 4.14. The van der Waals surface area contributed by atoms with Crippen molar-refractivity contribution in [2.75, 3.05) is 16.3 Å². The van der Waals surface area contributed by atoms with Crippen molar-refractivity contribution in [2.24, 2.45) is 17.8 Å². The number of amides is 3. The van der Waals surface area contributed by atoms with Gasteiger partial charge in [-0.15, -0.1) is 0 Å². The van der Waals surface area contributed by atoms with Crippen LogP contribution in [-0.2, 0) is 19.2 Å². The van der Waals surface area contributed by atoms with Crippen LogP contribution in [0.15, 0.2) is 60.2 Å². The number of hydrogen-bond acceptors (Lipinski definition) is 5. The zero-order valence-electron chi connectivity index (χ0n) is 18.6. The number of anilines is 2. The highest BCUT2D eigenvalue weighted by atomic mass is 35.5. The number of nitrogens with zero attached hydrogens (tertiary/aromatic N) is 2. The van der Waals surface area contributed by atoms with E-state index in [2.05, 4.69) is 0 Å². The Labute approximate surface area is 201 Å². The van der Waals surface area contributed by atoms with Crippen molar-refractivity contribution < 1.29 is 23.9 Å². The lowest BCUT2D eigenvalue weighted by Gasteiger charge is -2.18. The van der Waals surface area contributed by atoms with E-state index >= 15 is 0 Å². The SMILES string of the molecule is CC1=CC[C@@H]2C(=O)N(c3ccc(OC(=O)[C@H]4CC(=O)N(c5ccccc5Cl)C4)cc3)C(=O)[C@@H]2C1. The number of benzene rings is 2. The molecule has 2 aromatic rings. The highest BCUT2D eigenvalue weighted by Crippen LogP contribution is 2.40. The van der Waals surface area contributed by atoms with Gasteiger partial charge in [0.05, 0.1) is 34.2 Å². The molecule has 8 heteroatoms. The van der Waals surface area contributed by atoms with Crippen LogP contribution < -0.4 is 14.5 Å². The number of carbonyl (C=O) groups excluding carboxylic acids is 4. The summed E-state index contributed by atoms with van der Waals surface area (Å²) in [4.78, 5) is 53.6. The third-order valence-corrected chi connectivity index (χ3v) is 7.06. The molecular formula is C26H23ClN2O5. The number of fused-ring (bicyclic) bond motifs is 1. The molecule has 0 aromatic heterocycles. The predicted molar refractivity (Wildman–Crippen MR) is 126 cm³/mol. The maximum absolute atomic E-state index is 12.9. The van der Waals surface area contributed by atoms with Crippen LogP contribution in [0.1, 0.15) is 26.2 Å². The molecule has 2 saturated heterocycles. The standard InChI is InChI=1S/C26H23ClN2O5/c1-15-6-11-19-20(12-15)25(32)29(24(19)31)17-7-9-18(10-8-17)34-26(33)16-13-23(30)28(14-16)22-5-3-2-4-21(22)27/h2-10,16,19-20H,11-14H2,1H3/t16-,19-,20+/m0/s1. The van der Waals surface area contributed by atoms with Crippen LogP contribution in [-0.4, -0.2) is 30.2 Å². The summed E-state index contributed by atoms with van der Waals surface area (Å²) >= 11 is 6.20. The van der Waals surface area contributed by atoms with E-state index < -0.39 is 11.9 Å². The quantitative estimate of drug-likeness (QED) is 0.285. The lowest BCUT2D eigenvalue weighted by molar-refractivity contribution is -0.139.